The van der Waals surface area contributed by atoms with Crippen LogP contribution >= 0.6 is 0 Å². The number of rotatable bonds is 3. The van der Waals surface area contributed by atoms with Crippen molar-refractivity contribution < 1.29 is 4.79 Å². The molecule has 0 radical (unpaired) electrons. The molecule has 0 aromatic heterocycles. The second-order valence-electron chi connectivity index (χ2n) is 4.53. The summed E-state index contributed by atoms with van der Waals surface area (Å²) in [6.45, 7) is 10.5. The van der Waals surface area contributed by atoms with E-state index in [1.807, 2.05) is 6.92 Å². The van der Waals surface area contributed by atoms with Crippen molar-refractivity contribution in [3.8, 4) is 0 Å². The van der Waals surface area contributed by atoms with Crippen LogP contribution in [0.3, 0.4) is 0 Å². The quantitative estimate of drug-likeness (QED) is 0.640. The summed E-state index contributed by atoms with van der Waals surface area (Å²) in [7, 11) is 0. The zero-order valence-corrected chi connectivity index (χ0v) is 8.61. The minimum absolute atomic E-state index is 0.0847. The molecule has 3 heteroatoms. The predicted molar refractivity (Wildman–Crippen MR) is 53.5 cm³/mol. The van der Waals surface area contributed by atoms with Gasteiger partial charge < -0.3 is 10.6 Å². The standard InChI is InChI=1S/C10H18N2O/c1-7(2)6-11-9(13)12-8-5-10(8,3)4/h8H,1,5-6H2,2-4H3,(H2,11,12,13). The van der Waals surface area contributed by atoms with Gasteiger partial charge in [-0.1, -0.05) is 26.0 Å². The van der Waals surface area contributed by atoms with E-state index in [1.54, 1.807) is 0 Å². The van der Waals surface area contributed by atoms with E-state index in [2.05, 4.69) is 31.1 Å². The summed E-state index contributed by atoms with van der Waals surface area (Å²) in [5.41, 5.74) is 1.26. The zero-order chi connectivity index (χ0) is 10.1. The van der Waals surface area contributed by atoms with Crippen molar-refractivity contribution in [2.45, 2.75) is 33.2 Å². The van der Waals surface area contributed by atoms with Crippen molar-refractivity contribution in [3.05, 3.63) is 12.2 Å². The Kier molecular flexibility index (Phi) is 2.64. The number of carbonyl (C=O) groups excluding carboxylic acids is 1. The molecule has 1 saturated carbocycles. The Morgan fingerprint density at radius 2 is 2.15 bits per heavy atom. The molecular formula is C10H18N2O. The first kappa shape index (κ1) is 10.1. The van der Waals surface area contributed by atoms with E-state index in [9.17, 15) is 4.79 Å². The van der Waals surface area contributed by atoms with Gasteiger partial charge in [-0.25, -0.2) is 4.79 Å². The average Bonchev–Trinajstić information content (AvgIpc) is 2.54. The highest BCUT2D eigenvalue weighted by Gasteiger charge is 2.46. The second kappa shape index (κ2) is 3.40. The van der Waals surface area contributed by atoms with Crippen molar-refractivity contribution in [1.29, 1.82) is 0 Å². The van der Waals surface area contributed by atoms with Crippen LogP contribution in [0, 0.1) is 5.41 Å². The third-order valence-corrected chi connectivity index (χ3v) is 2.37. The maximum absolute atomic E-state index is 11.2. The fourth-order valence-electron chi connectivity index (χ4n) is 1.15. The van der Waals surface area contributed by atoms with Gasteiger partial charge >= 0.3 is 6.03 Å². The molecule has 0 heterocycles. The van der Waals surface area contributed by atoms with Crippen molar-refractivity contribution >= 4 is 6.03 Å². The fraction of sp³-hybridized carbons (Fsp3) is 0.700. The van der Waals surface area contributed by atoms with E-state index in [0.29, 0.717) is 18.0 Å². The molecule has 1 rings (SSSR count). The normalized spacial score (nSPS) is 23.5. The van der Waals surface area contributed by atoms with Gasteiger partial charge in [0.25, 0.3) is 0 Å². The fourth-order valence-corrected chi connectivity index (χ4v) is 1.15. The van der Waals surface area contributed by atoms with Gasteiger partial charge in [-0.3, -0.25) is 0 Å². The molecule has 2 N–H and O–H groups in total. The minimum Gasteiger partial charge on any atom is -0.335 e. The van der Waals surface area contributed by atoms with Gasteiger partial charge in [-0.2, -0.15) is 0 Å². The molecular weight excluding hydrogens is 164 g/mol. The summed E-state index contributed by atoms with van der Waals surface area (Å²) in [5, 5.41) is 5.65. The third kappa shape index (κ3) is 3.09. The molecule has 0 saturated heterocycles. The van der Waals surface area contributed by atoms with E-state index in [-0.39, 0.29) is 6.03 Å². The largest absolute Gasteiger partial charge is 0.335 e. The molecule has 1 unspecified atom stereocenters. The Labute approximate surface area is 79.6 Å². The highest BCUT2D eigenvalue weighted by atomic mass is 16.2. The topological polar surface area (TPSA) is 41.1 Å². The van der Waals surface area contributed by atoms with Crippen molar-refractivity contribution in [3.63, 3.8) is 0 Å². The van der Waals surface area contributed by atoms with Crippen LogP contribution < -0.4 is 10.6 Å². The van der Waals surface area contributed by atoms with Crippen LogP contribution in [0.2, 0.25) is 0 Å². The van der Waals surface area contributed by atoms with Crippen molar-refractivity contribution in [2.24, 2.45) is 5.41 Å². The second-order valence-corrected chi connectivity index (χ2v) is 4.53. The Balaban J connectivity index is 2.16. The summed E-state index contributed by atoms with van der Waals surface area (Å²) in [5.74, 6) is 0. The van der Waals surface area contributed by atoms with Crippen LogP contribution in [0.4, 0.5) is 4.79 Å². The smallest absolute Gasteiger partial charge is 0.315 e. The van der Waals surface area contributed by atoms with Crippen LogP contribution in [0.5, 0.6) is 0 Å². The highest BCUT2D eigenvalue weighted by Crippen LogP contribution is 2.44. The molecule has 0 aromatic carbocycles. The summed E-state index contributed by atoms with van der Waals surface area (Å²) < 4.78 is 0. The van der Waals surface area contributed by atoms with E-state index >= 15 is 0 Å². The molecule has 2 amide bonds. The number of amides is 2. The lowest BCUT2D eigenvalue weighted by Crippen LogP contribution is -2.38. The van der Waals surface area contributed by atoms with Crippen LogP contribution in [-0.4, -0.2) is 18.6 Å². The Morgan fingerprint density at radius 1 is 1.62 bits per heavy atom. The lowest BCUT2D eigenvalue weighted by atomic mass is 10.2. The lowest BCUT2D eigenvalue weighted by Gasteiger charge is -2.08. The van der Waals surface area contributed by atoms with Crippen molar-refractivity contribution in [2.75, 3.05) is 6.54 Å². The summed E-state index contributed by atoms with van der Waals surface area (Å²) >= 11 is 0. The summed E-state index contributed by atoms with van der Waals surface area (Å²) in [6, 6.07) is 0.260. The predicted octanol–water partition coefficient (Wildman–Crippen LogP) is 1.66. The maximum Gasteiger partial charge on any atom is 0.315 e. The molecule has 74 valence electrons. The van der Waals surface area contributed by atoms with E-state index in [4.69, 9.17) is 0 Å². The molecule has 3 nitrogen and oxygen atoms in total. The minimum atomic E-state index is -0.0847. The number of hydrogen-bond donors (Lipinski definition) is 2. The first-order chi connectivity index (χ1) is 5.92. The average molecular weight is 182 g/mol. The molecule has 0 aromatic rings. The number of nitrogens with one attached hydrogen (secondary N) is 2. The Bertz CT molecular complexity index is 233. The lowest BCUT2D eigenvalue weighted by molar-refractivity contribution is 0.240. The van der Waals surface area contributed by atoms with Gasteiger partial charge in [0.15, 0.2) is 0 Å². The summed E-state index contributed by atoms with van der Waals surface area (Å²) in [6.07, 6.45) is 1.08. The Hall–Kier alpha value is -0.990. The molecule has 1 aliphatic carbocycles. The van der Waals surface area contributed by atoms with Crippen LogP contribution in [-0.2, 0) is 0 Å². The number of urea groups is 1. The number of carbonyl (C=O) groups is 1. The maximum atomic E-state index is 11.2. The Morgan fingerprint density at radius 3 is 2.54 bits per heavy atom. The molecule has 0 bridgehead atoms. The van der Waals surface area contributed by atoms with Crippen LogP contribution in [0.15, 0.2) is 12.2 Å². The summed E-state index contributed by atoms with van der Waals surface area (Å²) in [4.78, 5) is 11.2. The van der Waals surface area contributed by atoms with Crippen molar-refractivity contribution in [1.82, 2.24) is 10.6 Å². The number of hydrogen-bond acceptors (Lipinski definition) is 1. The molecule has 1 atom stereocenters. The van der Waals surface area contributed by atoms with Gasteiger partial charge in [0.1, 0.15) is 0 Å². The van der Waals surface area contributed by atoms with Gasteiger partial charge in [-0.15, -0.1) is 0 Å². The van der Waals surface area contributed by atoms with E-state index in [1.165, 1.54) is 0 Å². The van der Waals surface area contributed by atoms with Gasteiger partial charge in [-0.05, 0) is 18.8 Å². The monoisotopic (exact) mass is 182 g/mol. The molecule has 1 aliphatic rings. The van der Waals surface area contributed by atoms with Crippen LogP contribution in [0.1, 0.15) is 27.2 Å². The molecule has 0 spiro atoms. The third-order valence-electron chi connectivity index (χ3n) is 2.37. The van der Waals surface area contributed by atoms with Crippen LogP contribution in [0.25, 0.3) is 0 Å². The highest BCUT2D eigenvalue weighted by molar-refractivity contribution is 5.75. The van der Waals surface area contributed by atoms with Gasteiger partial charge in [0.2, 0.25) is 0 Å². The molecule has 0 aliphatic heterocycles. The van der Waals surface area contributed by atoms with E-state index in [0.717, 1.165) is 12.0 Å². The molecule has 1 fully saturated rings. The first-order valence-corrected chi connectivity index (χ1v) is 4.60. The first-order valence-electron chi connectivity index (χ1n) is 4.60. The zero-order valence-electron chi connectivity index (χ0n) is 8.61. The van der Waals surface area contributed by atoms with Gasteiger partial charge in [0, 0.05) is 12.6 Å². The van der Waals surface area contributed by atoms with Gasteiger partial charge in [0.05, 0.1) is 0 Å². The van der Waals surface area contributed by atoms with E-state index < -0.39 is 0 Å². The SMILES string of the molecule is C=C(C)CNC(=O)NC1CC1(C)C. The molecule has 13 heavy (non-hydrogen) atoms.